The lowest BCUT2D eigenvalue weighted by atomic mass is 9.66. The van der Waals surface area contributed by atoms with Gasteiger partial charge in [-0.05, 0) is 61.3 Å². The Bertz CT molecular complexity index is 1090. The maximum Gasteiger partial charge on any atom is 0.217 e. The summed E-state index contributed by atoms with van der Waals surface area (Å²) < 4.78 is 6.72. The summed E-state index contributed by atoms with van der Waals surface area (Å²) >= 11 is 9.74. The maximum absolute atomic E-state index is 12.2. The zero-order valence-electron chi connectivity index (χ0n) is 17.4. The molecule has 0 spiro atoms. The lowest BCUT2D eigenvalue weighted by Crippen LogP contribution is -2.54. The summed E-state index contributed by atoms with van der Waals surface area (Å²) in [5, 5.41) is 17.3. The lowest BCUT2D eigenvalue weighted by molar-refractivity contribution is -0.0534. The molecule has 31 heavy (non-hydrogen) atoms. The van der Waals surface area contributed by atoms with E-state index >= 15 is 0 Å². The number of piperidine rings is 1. The van der Waals surface area contributed by atoms with Gasteiger partial charge in [-0.1, -0.05) is 45.7 Å². The van der Waals surface area contributed by atoms with Crippen LogP contribution in [0.1, 0.15) is 29.9 Å². The molecular formula is C25H26BrClN2O2. The predicted molar refractivity (Wildman–Crippen MR) is 130 cm³/mol. The first-order chi connectivity index (χ1) is 15.0. The molecule has 1 aliphatic heterocycles. The van der Waals surface area contributed by atoms with Crippen LogP contribution in [0.2, 0.25) is 5.02 Å². The van der Waals surface area contributed by atoms with Gasteiger partial charge in [0.25, 0.3) is 0 Å². The molecule has 3 atom stereocenters. The summed E-state index contributed by atoms with van der Waals surface area (Å²) in [6.07, 6.45) is 3.20. The fourth-order valence-corrected chi connectivity index (χ4v) is 5.23. The summed E-state index contributed by atoms with van der Waals surface area (Å²) in [6, 6.07) is 15.8. The topological polar surface area (TPSA) is 54.4 Å². The van der Waals surface area contributed by atoms with Gasteiger partial charge in [0.2, 0.25) is 5.88 Å². The Morgan fingerprint density at radius 2 is 2.10 bits per heavy atom. The molecular weight excluding hydrogens is 476 g/mol. The number of fused-ring (bicyclic) bond motifs is 1. The summed E-state index contributed by atoms with van der Waals surface area (Å²) in [5.41, 5.74) is 1.70. The van der Waals surface area contributed by atoms with Crippen LogP contribution in [-0.2, 0) is 0 Å². The van der Waals surface area contributed by atoms with Crippen molar-refractivity contribution in [2.45, 2.75) is 24.4 Å². The first-order valence-corrected chi connectivity index (χ1v) is 11.6. The van der Waals surface area contributed by atoms with Crippen molar-refractivity contribution in [3.63, 3.8) is 0 Å². The third kappa shape index (κ3) is 4.37. The third-order valence-corrected chi connectivity index (χ3v) is 6.97. The highest BCUT2D eigenvalue weighted by atomic mass is 79.9. The fraction of sp³-hybridized carbons (Fsp3) is 0.320. The van der Waals surface area contributed by atoms with Gasteiger partial charge in [-0.3, -0.25) is 0 Å². The van der Waals surface area contributed by atoms with E-state index in [1.807, 2.05) is 48.5 Å². The molecule has 6 heteroatoms. The molecule has 2 heterocycles. The minimum atomic E-state index is -0.998. The summed E-state index contributed by atoms with van der Waals surface area (Å²) in [7, 11) is 1.63. The Kier molecular flexibility index (Phi) is 6.68. The van der Waals surface area contributed by atoms with E-state index in [0.29, 0.717) is 23.7 Å². The molecule has 0 saturated carbocycles. The van der Waals surface area contributed by atoms with Crippen molar-refractivity contribution in [3.05, 3.63) is 81.8 Å². The van der Waals surface area contributed by atoms with Gasteiger partial charge in [-0.25, -0.2) is 4.98 Å². The van der Waals surface area contributed by atoms with Gasteiger partial charge >= 0.3 is 0 Å². The number of hydrogen-bond acceptors (Lipinski definition) is 4. The highest BCUT2D eigenvalue weighted by Crippen LogP contribution is 2.47. The largest absolute Gasteiger partial charge is 0.481 e. The van der Waals surface area contributed by atoms with E-state index in [4.69, 9.17) is 21.3 Å². The first kappa shape index (κ1) is 22.3. The summed E-state index contributed by atoms with van der Waals surface area (Å²) in [5.74, 6) is 0.198. The van der Waals surface area contributed by atoms with Gasteiger partial charge in [0.15, 0.2) is 0 Å². The van der Waals surface area contributed by atoms with Crippen LogP contribution in [0.3, 0.4) is 0 Å². The number of nitrogens with zero attached hydrogens (tertiary/aromatic N) is 1. The number of ether oxygens (including phenoxy) is 1. The van der Waals surface area contributed by atoms with E-state index < -0.39 is 5.60 Å². The van der Waals surface area contributed by atoms with Gasteiger partial charge in [0, 0.05) is 38.8 Å². The Labute approximate surface area is 196 Å². The molecule has 0 bridgehead atoms. The molecule has 1 fully saturated rings. The van der Waals surface area contributed by atoms with Crippen molar-refractivity contribution in [2.75, 3.05) is 20.2 Å². The van der Waals surface area contributed by atoms with Crippen molar-refractivity contribution in [1.29, 1.82) is 0 Å². The zero-order chi connectivity index (χ0) is 22.0. The van der Waals surface area contributed by atoms with Crippen molar-refractivity contribution < 1.29 is 9.84 Å². The maximum atomic E-state index is 12.2. The number of aliphatic hydroxyl groups is 1. The third-order valence-electron chi connectivity index (χ3n) is 6.23. The molecule has 1 aliphatic rings. The van der Waals surface area contributed by atoms with Gasteiger partial charge in [0.1, 0.15) is 0 Å². The highest BCUT2D eigenvalue weighted by molar-refractivity contribution is 9.10. The van der Waals surface area contributed by atoms with E-state index in [1.54, 1.807) is 7.11 Å². The van der Waals surface area contributed by atoms with Crippen molar-refractivity contribution in [1.82, 2.24) is 10.3 Å². The molecule has 162 valence electrons. The normalized spacial score (nSPS) is 22.3. The van der Waals surface area contributed by atoms with Crippen LogP contribution in [0.4, 0.5) is 0 Å². The number of halogens is 2. The van der Waals surface area contributed by atoms with Gasteiger partial charge < -0.3 is 15.2 Å². The summed E-state index contributed by atoms with van der Waals surface area (Å²) in [6.45, 7) is 5.39. The van der Waals surface area contributed by atoms with Crippen LogP contribution < -0.4 is 10.1 Å². The molecule has 2 N–H and O–H groups in total. The molecule has 0 amide bonds. The minimum absolute atomic E-state index is 0.00217. The zero-order valence-corrected chi connectivity index (χ0v) is 19.8. The standard InChI is InChI=1S/C25H26BrClN2O2/c1-3-4-18-15-28-12-11-25(18,30)23(16-5-8-20(27)9-6-16)21-14-17-13-19(26)7-10-22(17)29-24(21)31-2/h3,5-10,13-14,18,23,28,30H,1,4,11-12,15H2,2H3. The first-order valence-electron chi connectivity index (χ1n) is 10.4. The SMILES string of the molecule is C=CCC1CNCCC1(O)C(c1ccc(Cl)cc1)c1cc2cc(Br)ccc2nc1OC. The molecule has 1 saturated heterocycles. The van der Waals surface area contributed by atoms with E-state index in [1.165, 1.54) is 0 Å². The van der Waals surface area contributed by atoms with Crippen LogP contribution in [0.25, 0.3) is 10.9 Å². The van der Waals surface area contributed by atoms with Crippen LogP contribution in [-0.4, -0.2) is 35.9 Å². The highest BCUT2D eigenvalue weighted by Gasteiger charge is 2.47. The molecule has 1 aromatic heterocycles. The molecule has 0 aliphatic carbocycles. The van der Waals surface area contributed by atoms with Gasteiger partial charge in [0.05, 0.1) is 18.2 Å². The quantitative estimate of drug-likeness (QED) is 0.425. The van der Waals surface area contributed by atoms with E-state index in [9.17, 15) is 5.11 Å². The molecule has 2 aromatic carbocycles. The number of benzene rings is 2. The molecule has 3 unspecified atom stereocenters. The second kappa shape index (κ2) is 9.29. The number of pyridine rings is 1. The van der Waals surface area contributed by atoms with Crippen LogP contribution in [0.5, 0.6) is 5.88 Å². The second-order valence-corrected chi connectivity index (χ2v) is 9.43. The lowest BCUT2D eigenvalue weighted by Gasteiger charge is -2.46. The number of hydrogen-bond donors (Lipinski definition) is 2. The number of nitrogens with one attached hydrogen (secondary N) is 1. The number of allylic oxidation sites excluding steroid dienone is 1. The summed E-state index contributed by atoms with van der Waals surface area (Å²) in [4.78, 5) is 4.78. The van der Waals surface area contributed by atoms with E-state index in [-0.39, 0.29) is 11.8 Å². The number of rotatable bonds is 6. The molecule has 4 rings (SSSR count). The Morgan fingerprint density at radius 1 is 1.32 bits per heavy atom. The monoisotopic (exact) mass is 500 g/mol. The number of methoxy groups -OCH3 is 1. The molecule has 3 aromatic rings. The van der Waals surface area contributed by atoms with Crippen LogP contribution in [0.15, 0.2) is 65.7 Å². The Balaban J connectivity index is 1.96. The average molecular weight is 502 g/mol. The Morgan fingerprint density at radius 3 is 2.81 bits per heavy atom. The van der Waals surface area contributed by atoms with E-state index in [0.717, 1.165) is 39.6 Å². The fourth-order valence-electron chi connectivity index (χ4n) is 4.72. The van der Waals surface area contributed by atoms with Crippen LogP contribution >= 0.6 is 27.5 Å². The van der Waals surface area contributed by atoms with Gasteiger partial charge in [-0.15, -0.1) is 6.58 Å². The predicted octanol–water partition coefficient (Wildman–Crippen LogP) is 5.71. The minimum Gasteiger partial charge on any atom is -0.481 e. The Hall–Kier alpha value is -1.92. The van der Waals surface area contributed by atoms with Gasteiger partial charge in [-0.2, -0.15) is 0 Å². The van der Waals surface area contributed by atoms with Crippen molar-refractivity contribution >= 4 is 38.4 Å². The second-order valence-electron chi connectivity index (χ2n) is 8.08. The molecule has 0 radical (unpaired) electrons. The average Bonchev–Trinajstić information content (AvgIpc) is 2.76. The van der Waals surface area contributed by atoms with Crippen LogP contribution in [0, 0.1) is 5.92 Å². The molecule has 4 nitrogen and oxygen atoms in total. The smallest absolute Gasteiger partial charge is 0.217 e. The number of aromatic nitrogens is 1. The van der Waals surface area contributed by atoms with Crippen molar-refractivity contribution in [2.24, 2.45) is 5.92 Å². The van der Waals surface area contributed by atoms with E-state index in [2.05, 4.69) is 33.9 Å². The van der Waals surface area contributed by atoms with Crippen molar-refractivity contribution in [3.8, 4) is 5.88 Å².